The van der Waals surface area contributed by atoms with Gasteiger partial charge < -0.3 is 52.7 Å². The maximum absolute atomic E-state index is 14.2. The number of cyclic esters (lactones) is 2. The van der Waals surface area contributed by atoms with Crippen molar-refractivity contribution in [3.8, 4) is 0 Å². The molecule has 1 unspecified atom stereocenters. The van der Waals surface area contributed by atoms with E-state index >= 15 is 0 Å². The third-order valence-corrected chi connectivity index (χ3v) is 11.2. The summed E-state index contributed by atoms with van der Waals surface area (Å²) >= 11 is 0. The molecule has 0 fully saturated rings. The molecule has 0 spiro atoms. The van der Waals surface area contributed by atoms with Crippen molar-refractivity contribution in [3.05, 3.63) is 71.9 Å². The second kappa shape index (κ2) is 36.0. The molecule has 0 saturated heterocycles. The number of amides is 6. The molecule has 3 N–H and O–H groups in total. The molecule has 0 bridgehead atoms. The molecule has 6 amide bonds. The summed E-state index contributed by atoms with van der Waals surface area (Å²) < 4.78 is 17.4. The van der Waals surface area contributed by atoms with E-state index in [9.17, 15) is 38.4 Å². The Morgan fingerprint density at radius 2 is 1.44 bits per heavy atom. The smallest absolute Gasteiger partial charge is 0.620 e. The van der Waals surface area contributed by atoms with Crippen LogP contribution in [0.4, 0.5) is 4.79 Å². The van der Waals surface area contributed by atoms with Gasteiger partial charge in [-0.1, -0.05) is 118 Å². The largest absolute Gasteiger partial charge is 2.00 e. The van der Waals surface area contributed by atoms with E-state index in [1.54, 1.807) is 58.0 Å². The van der Waals surface area contributed by atoms with Crippen LogP contribution in [0.25, 0.3) is 5.32 Å². The fourth-order valence-electron chi connectivity index (χ4n) is 6.87. The zero-order valence-electron chi connectivity index (χ0n) is 45.3. The number of rotatable bonds is 8. The second-order valence-corrected chi connectivity index (χ2v) is 17.5. The van der Waals surface area contributed by atoms with Gasteiger partial charge in [0.15, 0.2) is 6.10 Å². The molecule has 18 heteroatoms. The quantitative estimate of drug-likeness (QED) is 0.102. The molecule has 0 saturated carbocycles. The Bertz CT molecular complexity index is 1860. The monoisotopic (exact) mass is 1150 g/mol. The molecule has 1 aromatic carbocycles. The number of nitrogens with one attached hydrogen (secondary N) is 3. The minimum absolute atomic E-state index is 0. The van der Waals surface area contributed by atoms with Gasteiger partial charge >= 0.3 is 33.0 Å². The van der Waals surface area contributed by atoms with Gasteiger partial charge in [-0.15, -0.1) is 7.05 Å². The van der Waals surface area contributed by atoms with Crippen molar-refractivity contribution in [2.45, 2.75) is 172 Å². The van der Waals surface area contributed by atoms with Gasteiger partial charge in [-0.2, -0.15) is 0 Å². The number of ether oxygens (including phenoxy) is 3. The summed E-state index contributed by atoms with van der Waals surface area (Å²) in [6.45, 7) is 24.6. The number of benzene rings is 1. The molecule has 0 radical (unpaired) electrons. The van der Waals surface area contributed by atoms with Crippen LogP contribution in [-0.2, 0) is 75.3 Å². The van der Waals surface area contributed by atoms with Crippen molar-refractivity contribution < 1.29 is 73.6 Å². The van der Waals surface area contributed by atoms with E-state index in [4.69, 9.17) is 14.2 Å². The molecule has 0 aliphatic carbocycles. The Kier molecular flexibility index (Phi) is 35.6. The van der Waals surface area contributed by atoms with Crippen LogP contribution in [0.5, 0.6) is 0 Å². The van der Waals surface area contributed by atoms with Crippen LogP contribution in [0.15, 0.2) is 53.6 Å². The Hall–Kier alpha value is -5.05. The van der Waals surface area contributed by atoms with E-state index in [1.165, 1.54) is 59.3 Å². The number of hydrogen-bond donors (Lipinski definition) is 3. The first kappa shape index (κ1) is 69.2. The molecular formula is C52H86N6O11W. The van der Waals surface area contributed by atoms with Crippen LogP contribution in [-0.4, -0.2) is 128 Å². The van der Waals surface area contributed by atoms with Crippen LogP contribution in [0.2, 0.25) is 0 Å². The van der Waals surface area contributed by atoms with Gasteiger partial charge in [0, 0.05) is 38.4 Å². The van der Waals surface area contributed by atoms with Gasteiger partial charge in [0.1, 0.15) is 36.4 Å². The molecule has 1 aliphatic rings. The van der Waals surface area contributed by atoms with E-state index < -0.39 is 108 Å². The Balaban J connectivity index is -0.00000616. The summed E-state index contributed by atoms with van der Waals surface area (Å²) in [7, 11) is 4.09. The standard InChI is InChI=1S/C46H70N6O11.C3H8.C2H6.CH3.W/c1-14-27(5)38-41(55)49-32(10)45(59)63-39(28(6)15-2)30(8)35(62-46(60)47-11)22-21-29(7)44(58)61-36(23-26(3)4)40(54)48-31(9)42(56)52(13)34(24-33-19-17-16-18-20-33)43(57)51(12)25-37(53)50-38;1-3-2;1-2;;/h15-21,26-27,30-32,34-36,38-39H,14,22-25H2,1-13H3,(H4,47,48,49,50,53,54,55,60);3H2,1-2H3;1-2H3;1H3;/q;;;-1;+2/p-1/b28-15+,29-21+;;;;/t27?,30-,31-,32+,34+,35-,36+,38-,39+;;;;/m0..../s1. The van der Waals surface area contributed by atoms with Gasteiger partial charge in [0.2, 0.25) is 29.7 Å². The number of esters is 2. The number of nitrogens with zero attached hydrogens (tertiary/aromatic N) is 3. The third-order valence-electron chi connectivity index (χ3n) is 11.2. The number of carbonyl (C=O) groups is 8. The predicted molar refractivity (Wildman–Crippen MR) is 270 cm³/mol. The summed E-state index contributed by atoms with van der Waals surface area (Å²) in [5.41, 5.74) is 1.42. The molecular weight excluding hydrogens is 1070 g/mol. The summed E-state index contributed by atoms with van der Waals surface area (Å²) in [6.07, 6.45) is 0.915. The fourth-order valence-corrected chi connectivity index (χ4v) is 6.87. The molecule has 17 nitrogen and oxygen atoms in total. The van der Waals surface area contributed by atoms with E-state index in [0.29, 0.717) is 12.0 Å². The number of hydrogen-bond acceptors (Lipinski definition) is 11. The first-order chi connectivity index (χ1) is 32.0. The minimum atomic E-state index is -1.30. The predicted octanol–water partition coefficient (Wildman–Crippen LogP) is 7.28. The van der Waals surface area contributed by atoms with E-state index in [1.807, 2.05) is 40.7 Å². The van der Waals surface area contributed by atoms with Crippen molar-refractivity contribution in [1.82, 2.24) is 25.8 Å². The van der Waals surface area contributed by atoms with E-state index in [2.05, 4.69) is 35.1 Å². The third kappa shape index (κ3) is 23.2. The Labute approximate surface area is 434 Å². The Morgan fingerprint density at radius 3 is 1.96 bits per heavy atom. The van der Waals surface area contributed by atoms with Crippen LogP contribution in [0.1, 0.15) is 128 Å². The molecule has 1 aliphatic heterocycles. The second-order valence-electron chi connectivity index (χ2n) is 17.5. The van der Waals surface area contributed by atoms with Crippen LogP contribution in [0, 0.1) is 25.2 Å². The number of likely N-dealkylation sites (N-methyl/N-ethyl adjacent to an activating group) is 2. The maximum atomic E-state index is 14.2. The normalized spacial score (nSPS) is 25.1. The van der Waals surface area contributed by atoms with Gasteiger partial charge in [-0.3, -0.25) is 28.8 Å². The molecule has 9 atom stereocenters. The molecule has 0 aromatic heterocycles. The average molecular weight is 1160 g/mol. The summed E-state index contributed by atoms with van der Waals surface area (Å²) in [5.74, 6) is -6.13. The average Bonchev–Trinajstić information content (AvgIpc) is 3.31. The van der Waals surface area contributed by atoms with E-state index in [-0.39, 0.29) is 59.2 Å². The number of allylic oxidation sites excluding steroid dienone is 1. The van der Waals surface area contributed by atoms with Crippen LogP contribution < -0.4 is 16.0 Å². The molecule has 396 valence electrons. The minimum Gasteiger partial charge on any atom is -0.620 e. The first-order valence-corrected chi connectivity index (χ1v) is 23.9. The molecule has 2 rings (SSSR count). The van der Waals surface area contributed by atoms with Crippen molar-refractivity contribution >= 4 is 47.6 Å². The molecule has 1 aromatic rings. The first-order valence-electron chi connectivity index (χ1n) is 23.9. The van der Waals surface area contributed by atoms with Crippen LogP contribution >= 0.6 is 0 Å². The van der Waals surface area contributed by atoms with Gasteiger partial charge in [-0.25, -0.2) is 9.59 Å². The molecule has 1 heterocycles. The van der Waals surface area contributed by atoms with E-state index in [0.717, 1.165) is 10.5 Å². The Morgan fingerprint density at radius 1 is 0.886 bits per heavy atom. The zero-order valence-corrected chi connectivity index (χ0v) is 48.2. The maximum Gasteiger partial charge on any atom is 2.00 e. The number of carbonyl (C=O) groups excluding carboxylic acids is 8. The van der Waals surface area contributed by atoms with Crippen molar-refractivity contribution in [2.24, 2.45) is 17.8 Å². The SMILES string of the molecule is C/C=C(\C)[C@H]1OC(=O)[C@@H](C)NC(=O)[C@H](C(C)CC)NC(=O)CN(C)C(=O)[C@@H](Cc2ccccc2)N(C)C(=O)[C@H](C)NC(=O)[C@@H](CC(C)C)OC(=O)/C(C)=C/C[C@H](OC(=O)[N-]C)[C@@H]1C.CC.CCC.[CH3-].[W+2]. The fraction of sp³-hybridized carbons (Fsp3) is 0.635. The van der Waals surface area contributed by atoms with Crippen LogP contribution in [0.3, 0.4) is 0 Å². The topological polar surface area (TPSA) is 221 Å². The summed E-state index contributed by atoms with van der Waals surface area (Å²) in [5, 5.41) is 11.6. The van der Waals surface area contributed by atoms with Gasteiger partial charge in [0.05, 0.1) is 6.54 Å². The molecule has 70 heavy (non-hydrogen) atoms. The summed E-state index contributed by atoms with van der Waals surface area (Å²) in [4.78, 5) is 111. The van der Waals surface area contributed by atoms with Crippen molar-refractivity contribution in [3.63, 3.8) is 0 Å². The van der Waals surface area contributed by atoms with Crippen molar-refractivity contribution in [1.29, 1.82) is 0 Å². The zero-order chi connectivity index (χ0) is 52.4. The van der Waals surface area contributed by atoms with Gasteiger partial charge in [-0.05, 0) is 64.0 Å². The van der Waals surface area contributed by atoms with Crippen molar-refractivity contribution in [2.75, 3.05) is 27.7 Å². The van der Waals surface area contributed by atoms with Gasteiger partial charge in [0.25, 0.3) is 5.91 Å². The summed E-state index contributed by atoms with van der Waals surface area (Å²) in [6, 6.07) is 4.37.